The molecule has 2 aromatic heterocycles. The van der Waals surface area contributed by atoms with Crippen molar-refractivity contribution in [3.8, 4) is 0 Å². The third kappa shape index (κ3) is 6.85. The summed E-state index contributed by atoms with van der Waals surface area (Å²) in [7, 11) is 0. The third-order valence-corrected chi connectivity index (χ3v) is 3.04. The summed E-state index contributed by atoms with van der Waals surface area (Å²) in [4.78, 5) is 16.4. The van der Waals surface area contributed by atoms with Crippen molar-refractivity contribution in [1.82, 2.24) is 30.5 Å². The summed E-state index contributed by atoms with van der Waals surface area (Å²) in [6, 6.07) is 5.72. The van der Waals surface area contributed by atoms with Crippen molar-refractivity contribution < 1.29 is 4.79 Å². The summed E-state index contributed by atoms with van der Waals surface area (Å²) in [5.74, 6) is 1.22. The van der Waals surface area contributed by atoms with Gasteiger partial charge in [0, 0.05) is 18.3 Å². The molecule has 0 aromatic carbocycles. The average Bonchev–Trinajstić information content (AvgIpc) is 2.92. The Kier molecular flexibility index (Phi) is 8.07. The number of carbonyl (C=O) groups excluding carboxylic acids is 1. The van der Waals surface area contributed by atoms with Crippen LogP contribution >= 0.6 is 24.0 Å². The van der Waals surface area contributed by atoms with Gasteiger partial charge in [-0.2, -0.15) is 0 Å². The number of nitrogens with one attached hydrogen (secondary N) is 3. The van der Waals surface area contributed by atoms with E-state index in [9.17, 15) is 4.79 Å². The first-order chi connectivity index (χ1) is 11.4. The lowest BCUT2D eigenvalue weighted by molar-refractivity contribution is -0.121. The van der Waals surface area contributed by atoms with Crippen LogP contribution in [-0.4, -0.2) is 45.1 Å². The first-order valence-corrected chi connectivity index (χ1v) is 8.01. The molecule has 8 nitrogen and oxygen atoms in total. The van der Waals surface area contributed by atoms with Gasteiger partial charge < -0.3 is 16.0 Å². The van der Waals surface area contributed by atoms with Gasteiger partial charge in [0.2, 0.25) is 5.91 Å². The zero-order chi connectivity index (χ0) is 17.6. The number of amides is 1. The quantitative estimate of drug-likeness (QED) is 0.356. The summed E-state index contributed by atoms with van der Waals surface area (Å²) in [5, 5.41) is 17.3. The molecular weight excluding hydrogens is 433 g/mol. The minimum absolute atomic E-state index is 0. The van der Waals surface area contributed by atoms with Crippen molar-refractivity contribution in [2.24, 2.45) is 4.99 Å². The summed E-state index contributed by atoms with van der Waals surface area (Å²) in [6.45, 7) is 9.03. The van der Waals surface area contributed by atoms with Crippen LogP contribution in [0.1, 0.15) is 33.5 Å². The summed E-state index contributed by atoms with van der Waals surface area (Å²) in [6.07, 6.45) is 1.90. The Hall–Kier alpha value is -1.91. The van der Waals surface area contributed by atoms with E-state index in [4.69, 9.17) is 0 Å². The fourth-order valence-electron chi connectivity index (χ4n) is 2.12. The smallest absolute Gasteiger partial charge is 0.239 e. The van der Waals surface area contributed by atoms with E-state index in [2.05, 4.69) is 31.1 Å². The van der Waals surface area contributed by atoms with Gasteiger partial charge >= 0.3 is 0 Å². The lowest BCUT2D eigenvalue weighted by Gasteiger charge is -2.21. The Balaban J connectivity index is 0.00000312. The van der Waals surface area contributed by atoms with Gasteiger partial charge in [0.05, 0.1) is 6.54 Å². The van der Waals surface area contributed by atoms with E-state index in [-0.39, 0.29) is 42.0 Å². The zero-order valence-electron chi connectivity index (χ0n) is 15.0. The Bertz CT molecular complexity index is 721. The summed E-state index contributed by atoms with van der Waals surface area (Å²) < 4.78 is 1.89. The van der Waals surface area contributed by atoms with Gasteiger partial charge in [-0.05, 0) is 39.8 Å². The molecule has 0 atom stereocenters. The maximum absolute atomic E-state index is 11.9. The number of aromatic nitrogens is 3. The molecule has 138 valence electrons. The van der Waals surface area contributed by atoms with Crippen molar-refractivity contribution in [1.29, 1.82) is 0 Å². The van der Waals surface area contributed by atoms with Crippen LogP contribution in [0, 0.1) is 0 Å². The highest BCUT2D eigenvalue weighted by molar-refractivity contribution is 14.0. The fourth-order valence-corrected chi connectivity index (χ4v) is 2.12. The van der Waals surface area contributed by atoms with Crippen molar-refractivity contribution in [3.05, 3.63) is 30.2 Å². The van der Waals surface area contributed by atoms with Crippen LogP contribution in [0.5, 0.6) is 0 Å². The van der Waals surface area contributed by atoms with E-state index in [0.717, 1.165) is 11.5 Å². The predicted octanol–water partition coefficient (Wildman–Crippen LogP) is 1.32. The first kappa shape index (κ1) is 21.1. The van der Waals surface area contributed by atoms with Crippen molar-refractivity contribution in [2.75, 3.05) is 13.1 Å². The first-order valence-electron chi connectivity index (χ1n) is 8.01. The SMILES string of the molecule is CCNC(=NCc1nnc2ccccn12)NCC(=O)NC(C)(C)C.I. The minimum Gasteiger partial charge on any atom is -0.357 e. The molecule has 2 aromatic rings. The van der Waals surface area contributed by atoms with Gasteiger partial charge in [0.1, 0.15) is 6.54 Å². The molecule has 0 fully saturated rings. The summed E-state index contributed by atoms with van der Waals surface area (Å²) >= 11 is 0. The van der Waals surface area contributed by atoms with Gasteiger partial charge in [-0.3, -0.25) is 9.20 Å². The molecule has 9 heteroatoms. The molecule has 0 radical (unpaired) electrons. The topological polar surface area (TPSA) is 95.7 Å². The third-order valence-electron chi connectivity index (χ3n) is 3.04. The van der Waals surface area contributed by atoms with Crippen LogP contribution in [0.15, 0.2) is 29.4 Å². The number of halogens is 1. The number of rotatable bonds is 5. The van der Waals surface area contributed by atoms with E-state index in [1.807, 2.05) is 56.5 Å². The maximum atomic E-state index is 11.9. The van der Waals surface area contributed by atoms with Crippen LogP contribution in [0.2, 0.25) is 0 Å². The lowest BCUT2D eigenvalue weighted by Crippen LogP contribution is -2.48. The zero-order valence-corrected chi connectivity index (χ0v) is 17.4. The number of guanidine groups is 1. The van der Waals surface area contributed by atoms with Gasteiger partial charge in [0.25, 0.3) is 0 Å². The van der Waals surface area contributed by atoms with E-state index < -0.39 is 0 Å². The Morgan fingerprint density at radius 2 is 2.00 bits per heavy atom. The van der Waals surface area contributed by atoms with E-state index in [1.165, 1.54) is 0 Å². The highest BCUT2D eigenvalue weighted by Crippen LogP contribution is 2.03. The second kappa shape index (κ2) is 9.54. The monoisotopic (exact) mass is 459 g/mol. The largest absolute Gasteiger partial charge is 0.357 e. The molecule has 0 saturated heterocycles. The van der Waals surface area contributed by atoms with Crippen LogP contribution in [-0.2, 0) is 11.3 Å². The molecule has 0 saturated carbocycles. The number of carbonyl (C=O) groups is 1. The van der Waals surface area contributed by atoms with E-state index in [0.29, 0.717) is 19.0 Å². The van der Waals surface area contributed by atoms with Gasteiger partial charge in [-0.15, -0.1) is 34.2 Å². The number of pyridine rings is 1. The average molecular weight is 459 g/mol. The van der Waals surface area contributed by atoms with Crippen LogP contribution in [0.3, 0.4) is 0 Å². The van der Waals surface area contributed by atoms with E-state index in [1.54, 1.807) is 0 Å². The van der Waals surface area contributed by atoms with Gasteiger partial charge in [0.15, 0.2) is 17.4 Å². The molecule has 0 aliphatic rings. The highest BCUT2D eigenvalue weighted by Gasteiger charge is 2.13. The molecule has 25 heavy (non-hydrogen) atoms. The number of nitrogens with zero attached hydrogens (tertiary/aromatic N) is 4. The number of fused-ring (bicyclic) bond motifs is 1. The molecule has 3 N–H and O–H groups in total. The van der Waals surface area contributed by atoms with Crippen molar-refractivity contribution in [2.45, 2.75) is 39.8 Å². The molecule has 2 rings (SSSR count). The van der Waals surface area contributed by atoms with Crippen molar-refractivity contribution >= 4 is 41.5 Å². The van der Waals surface area contributed by atoms with Crippen molar-refractivity contribution in [3.63, 3.8) is 0 Å². The summed E-state index contributed by atoms with van der Waals surface area (Å²) in [5.41, 5.74) is 0.527. The van der Waals surface area contributed by atoms with Gasteiger partial charge in [-0.1, -0.05) is 6.07 Å². The van der Waals surface area contributed by atoms with Crippen LogP contribution in [0.4, 0.5) is 0 Å². The second-order valence-corrected chi connectivity index (χ2v) is 6.39. The molecule has 0 aliphatic heterocycles. The highest BCUT2D eigenvalue weighted by atomic mass is 127. The molecule has 0 aliphatic carbocycles. The number of hydrogen-bond donors (Lipinski definition) is 3. The minimum atomic E-state index is -0.255. The van der Waals surface area contributed by atoms with Crippen LogP contribution in [0.25, 0.3) is 5.65 Å². The lowest BCUT2D eigenvalue weighted by atomic mass is 10.1. The Morgan fingerprint density at radius 1 is 1.24 bits per heavy atom. The Labute approximate surface area is 164 Å². The molecule has 2 heterocycles. The Morgan fingerprint density at radius 3 is 2.68 bits per heavy atom. The van der Waals surface area contributed by atoms with E-state index >= 15 is 0 Å². The number of aliphatic imine (C=N–C) groups is 1. The standard InChI is InChI=1S/C16H25N7O.HI/c1-5-17-15(19-11-14(24)20-16(2,3)4)18-10-13-22-21-12-8-6-7-9-23(12)13;/h6-9H,5,10-11H2,1-4H3,(H,20,24)(H2,17,18,19);1H. The predicted molar refractivity (Wildman–Crippen MR) is 109 cm³/mol. The maximum Gasteiger partial charge on any atom is 0.239 e. The fraction of sp³-hybridized carbons (Fsp3) is 0.500. The molecule has 0 unspecified atom stereocenters. The molecule has 0 bridgehead atoms. The van der Waals surface area contributed by atoms with Gasteiger partial charge in [-0.25, -0.2) is 4.99 Å². The molecule has 0 spiro atoms. The number of hydrogen-bond acceptors (Lipinski definition) is 4. The molecule has 1 amide bonds. The molecular formula is C16H26IN7O. The normalized spacial score (nSPS) is 11.8. The second-order valence-electron chi connectivity index (χ2n) is 6.39. The van der Waals surface area contributed by atoms with Crippen LogP contribution < -0.4 is 16.0 Å².